The van der Waals surface area contributed by atoms with Crippen LogP contribution in [0.15, 0.2) is 327 Å². The summed E-state index contributed by atoms with van der Waals surface area (Å²) in [6.07, 6.45) is 47.3. The first kappa shape index (κ1) is 63.3. The van der Waals surface area contributed by atoms with Gasteiger partial charge in [-0.3, -0.25) is 30.1 Å². The van der Waals surface area contributed by atoms with E-state index in [-0.39, 0.29) is 0 Å². The number of imidazole rings is 1. The fourth-order valence-corrected chi connectivity index (χ4v) is 4.15. The van der Waals surface area contributed by atoms with E-state index >= 15 is 0 Å². The van der Waals surface area contributed by atoms with Crippen LogP contribution in [0, 0.1) is 0 Å². The maximum atomic E-state index is 4.58. The van der Waals surface area contributed by atoms with Crippen LogP contribution >= 0.6 is 22.7 Å². The molecule has 0 aliphatic rings. The average Bonchev–Trinajstić information content (AvgIpc) is 4.37. The van der Waals surface area contributed by atoms with Crippen LogP contribution in [0.1, 0.15) is 0 Å². The van der Waals surface area contributed by atoms with E-state index in [1.165, 1.54) is 50.6 Å². The number of H-pyrrole nitrogens is 4. The summed E-state index contributed by atoms with van der Waals surface area (Å²) in [7, 11) is 0. The second-order valence-electron chi connectivity index (χ2n) is 11.7. The molecule has 13 aromatic heterocycles. The molecule has 0 bridgehead atoms. The number of pyridine rings is 1. The van der Waals surface area contributed by atoms with Crippen molar-refractivity contribution in [1.29, 1.82) is 0 Å². The number of thiazole rings is 1. The topological polar surface area (TPSA) is 296 Å². The van der Waals surface area contributed by atoms with Crippen LogP contribution in [0.5, 0.6) is 0 Å². The predicted octanol–water partition coefficient (Wildman–Crippen LogP) is 10.6. The lowest BCUT2D eigenvalue weighted by molar-refractivity contribution is 0.558. The van der Waals surface area contributed by atoms with Crippen molar-refractivity contribution in [3.05, 3.63) is 318 Å². The minimum atomic E-state index is 1.38. The zero-order valence-corrected chi connectivity index (χ0v) is 42.4. The molecule has 0 atom stereocenters. The second kappa shape index (κ2) is 60.4. The van der Waals surface area contributed by atoms with Gasteiger partial charge in [-0.1, -0.05) is 54.6 Å². The van der Waals surface area contributed by atoms with Crippen molar-refractivity contribution in [3.63, 3.8) is 0 Å². The first-order valence-corrected chi connectivity index (χ1v) is 23.7. The van der Waals surface area contributed by atoms with Crippen molar-refractivity contribution < 1.29 is 8.83 Å². The van der Waals surface area contributed by atoms with Gasteiger partial charge in [-0.15, -0.1) is 11.3 Å². The summed E-state index contributed by atoms with van der Waals surface area (Å²) in [6.45, 7) is 0. The van der Waals surface area contributed by atoms with Crippen molar-refractivity contribution in [1.82, 2.24) is 100 Å². The smallest absolute Gasteiger partial charge is 0.180 e. The third-order valence-electron chi connectivity index (χ3n) is 6.26. The van der Waals surface area contributed by atoms with Gasteiger partial charge < -0.3 is 18.8 Å². The van der Waals surface area contributed by atoms with Gasteiger partial charge in [0.05, 0.1) is 30.6 Å². The Hall–Kier alpha value is -10.7. The minimum Gasteiger partial charge on any atom is -0.473 e. The molecule has 0 radical (unpaired) electrons. The molecule has 0 aliphatic heterocycles. The molecular formula is C52H56N20O2S2. The molecule has 0 fully saturated rings. The molecule has 0 unspecified atom stereocenters. The Labute approximate surface area is 447 Å². The molecule has 1 aromatic carbocycles. The van der Waals surface area contributed by atoms with Gasteiger partial charge >= 0.3 is 0 Å². The van der Waals surface area contributed by atoms with Gasteiger partial charge in [0.15, 0.2) is 6.39 Å². The van der Waals surface area contributed by atoms with Crippen LogP contribution < -0.4 is 0 Å². The van der Waals surface area contributed by atoms with E-state index in [4.69, 9.17) is 0 Å². The summed E-state index contributed by atoms with van der Waals surface area (Å²) in [5, 5.41) is 25.3. The van der Waals surface area contributed by atoms with Gasteiger partial charge in [-0.25, -0.2) is 39.9 Å². The van der Waals surface area contributed by atoms with E-state index in [1.54, 1.807) is 152 Å². The molecule has 388 valence electrons. The number of thiophene rings is 1. The molecular weight excluding hydrogens is 1000 g/mol. The fraction of sp³-hybridized carbons (Fsp3) is 0. The van der Waals surface area contributed by atoms with Crippen LogP contribution in [-0.4, -0.2) is 100 Å². The van der Waals surface area contributed by atoms with Gasteiger partial charge in [0.2, 0.25) is 0 Å². The maximum Gasteiger partial charge on any atom is 0.180 e. The van der Waals surface area contributed by atoms with Crippen LogP contribution in [0.4, 0.5) is 0 Å². The number of aromatic nitrogens is 20. The summed E-state index contributed by atoms with van der Waals surface area (Å²) in [4.78, 5) is 49.4. The number of rotatable bonds is 0. The van der Waals surface area contributed by atoms with Gasteiger partial charge in [-0.05, 0) is 71.4 Å². The molecule has 0 amide bonds. The first-order valence-electron chi connectivity index (χ1n) is 21.8. The van der Waals surface area contributed by atoms with Crippen LogP contribution in [-0.2, 0) is 0 Å². The quantitative estimate of drug-likeness (QED) is 0.110. The Balaban J connectivity index is 0.000000410. The van der Waals surface area contributed by atoms with Crippen molar-refractivity contribution >= 4 is 22.7 Å². The minimum absolute atomic E-state index is 1.38. The molecule has 0 aliphatic carbocycles. The second-order valence-corrected chi connectivity index (χ2v) is 13.3. The van der Waals surface area contributed by atoms with Gasteiger partial charge in [-0.2, -0.15) is 31.7 Å². The number of hydrogen-bond acceptors (Lipinski definition) is 20. The van der Waals surface area contributed by atoms with Crippen LogP contribution in [0.25, 0.3) is 0 Å². The number of furan rings is 1. The van der Waals surface area contributed by atoms with Gasteiger partial charge in [0.1, 0.15) is 44.2 Å². The highest BCUT2D eigenvalue weighted by Crippen LogP contribution is 1.91. The lowest BCUT2D eigenvalue weighted by Gasteiger charge is -1.70. The number of nitrogens with zero attached hydrogens (tertiary/aromatic N) is 16. The zero-order chi connectivity index (χ0) is 53.7. The highest BCUT2D eigenvalue weighted by atomic mass is 32.1. The molecule has 4 N–H and O–H groups in total. The molecule has 0 spiro atoms. The lowest BCUT2D eigenvalue weighted by Crippen LogP contribution is -1.73. The summed E-state index contributed by atoms with van der Waals surface area (Å²) < 4.78 is 9.06. The molecule has 0 saturated heterocycles. The van der Waals surface area contributed by atoms with E-state index in [1.807, 2.05) is 138 Å². The molecule has 24 heteroatoms. The Morgan fingerprint density at radius 1 is 0.276 bits per heavy atom. The van der Waals surface area contributed by atoms with E-state index in [0.29, 0.717) is 0 Å². The largest absolute Gasteiger partial charge is 0.473 e. The number of aromatic amines is 4. The van der Waals surface area contributed by atoms with Crippen molar-refractivity contribution in [2.75, 3.05) is 0 Å². The van der Waals surface area contributed by atoms with E-state index in [9.17, 15) is 0 Å². The molecule has 14 aromatic rings. The zero-order valence-electron chi connectivity index (χ0n) is 40.8. The van der Waals surface area contributed by atoms with E-state index in [2.05, 4.69) is 109 Å². The van der Waals surface area contributed by atoms with Crippen LogP contribution in [0.3, 0.4) is 0 Å². The van der Waals surface area contributed by atoms with Gasteiger partial charge in [0.25, 0.3) is 0 Å². The summed E-state index contributed by atoms with van der Waals surface area (Å²) in [5.74, 6) is 0. The first-order chi connectivity index (χ1) is 38.0. The Bertz CT molecular complexity index is 1930. The monoisotopic (exact) mass is 1060 g/mol. The molecule has 13 heterocycles. The third kappa shape index (κ3) is 57.6. The lowest BCUT2D eigenvalue weighted by atomic mass is 10.4. The third-order valence-corrected chi connectivity index (χ3v) is 7.41. The van der Waals surface area contributed by atoms with Crippen molar-refractivity contribution in [2.45, 2.75) is 0 Å². The average molecular weight is 1060 g/mol. The highest BCUT2D eigenvalue weighted by molar-refractivity contribution is 7.07. The Kier molecular flexibility index (Phi) is 50.3. The number of hydrogen-bond donors (Lipinski definition) is 4. The molecule has 76 heavy (non-hydrogen) atoms. The standard InChI is InChI=1S/C6H6.C5H5N.3C4H4N2.C4H5N.C4H4O.C4H4S.C3H3N3.2C3H4N2.C3H3NO.C3H3NS.C2H3N3/c2*1-2-4-6-5-3-1;1-2-6-4-3-5-1;1-2-5-4-6-3-1;1-2-4-6-5-3-1;3*1-2-4-5-3-1;1-4-2-6-3-5-1;1-2-5-3-4-1;1-2-4-5-3-1;2*1-2-5-3-4-1;1-3-2-5-4-1/h1-6H;1-5H;3*1-4H;1-5H;2*1-4H;1-3H;2*1-3H,(H,4,5);2*1-3H;1-2H,(H,3,4,5). The summed E-state index contributed by atoms with van der Waals surface area (Å²) in [5.41, 5.74) is 1.79. The van der Waals surface area contributed by atoms with Crippen molar-refractivity contribution in [3.8, 4) is 0 Å². The number of oxazole rings is 1. The molecule has 0 saturated carbocycles. The molecule has 14 rings (SSSR count). The van der Waals surface area contributed by atoms with E-state index < -0.39 is 0 Å². The Morgan fingerprint density at radius 2 is 0.868 bits per heavy atom. The SMILES string of the molecule is c1c[nH]cn1.c1cc[nH]c1.c1ccccc1.c1ccncc1.c1ccnnc1.c1ccoc1.c1ccsc1.c1cn[nH]c1.c1cnccn1.c1cncnc1.c1cocn1.c1cscn1.c1nc[nH]n1.c1ncncn1. The number of nitrogens with one attached hydrogen (secondary N) is 4. The summed E-state index contributed by atoms with van der Waals surface area (Å²) >= 11 is 3.31. The predicted molar refractivity (Wildman–Crippen MR) is 293 cm³/mol. The van der Waals surface area contributed by atoms with E-state index in [0.717, 1.165) is 0 Å². The Morgan fingerprint density at radius 3 is 1.05 bits per heavy atom. The fourth-order valence-electron chi connectivity index (χ4n) is 3.34. The van der Waals surface area contributed by atoms with Crippen LogP contribution in [0.2, 0.25) is 0 Å². The van der Waals surface area contributed by atoms with Gasteiger partial charge in [0, 0.05) is 111 Å². The summed E-state index contributed by atoms with van der Waals surface area (Å²) in [6, 6.07) is 36.6. The number of benzene rings is 1. The molecule has 22 nitrogen and oxygen atoms in total. The maximum absolute atomic E-state index is 4.58. The van der Waals surface area contributed by atoms with Crippen molar-refractivity contribution in [2.24, 2.45) is 0 Å². The highest BCUT2D eigenvalue weighted by Gasteiger charge is 1.65. The normalized spacial score (nSPS) is 8.00.